The first-order valence-corrected chi connectivity index (χ1v) is 6.37. The normalized spacial score (nSPS) is 21.8. The van der Waals surface area contributed by atoms with Gasteiger partial charge in [0.1, 0.15) is 9.69 Å². The minimum atomic E-state index is -0.0156. The highest BCUT2D eigenvalue weighted by molar-refractivity contribution is 8.08. The first kappa shape index (κ1) is 9.80. The topological polar surface area (TPSA) is 62.5 Å². The van der Waals surface area contributed by atoms with E-state index < -0.39 is 0 Å². The van der Waals surface area contributed by atoms with Gasteiger partial charge in [-0.25, -0.2) is 9.98 Å². The molecule has 16 heavy (non-hydrogen) atoms. The Morgan fingerprint density at radius 2 is 2.25 bits per heavy atom. The molecule has 0 spiro atoms. The number of allylic oxidation sites excluding steroid dienone is 1. The molecule has 3 rings (SSSR count). The van der Waals surface area contributed by atoms with Crippen LogP contribution in [0.15, 0.2) is 11.1 Å². The number of fused-ring (bicyclic) bond motifs is 1. The molecule has 1 N–H and O–H groups in total. The number of thioether (sulfide) groups is 1. The van der Waals surface area contributed by atoms with Gasteiger partial charge in [0.25, 0.3) is 0 Å². The standard InChI is InChI=1S/C10H6N2O2S2/c13-5-1-2-6-7(3-5)16-10(11-6)9-12-8(14)4-15-9/h1-3H,4H2,(H,12,14)/b10-9-. The van der Waals surface area contributed by atoms with Gasteiger partial charge < -0.3 is 5.11 Å². The lowest BCUT2D eigenvalue weighted by molar-refractivity contribution is -0.109. The summed E-state index contributed by atoms with van der Waals surface area (Å²) in [6.07, 6.45) is 4.78. The summed E-state index contributed by atoms with van der Waals surface area (Å²) in [7, 11) is 0. The van der Waals surface area contributed by atoms with Crippen LogP contribution in [0.3, 0.4) is 0 Å². The number of ketones is 1. The van der Waals surface area contributed by atoms with Gasteiger partial charge in [0.05, 0.1) is 16.0 Å². The zero-order valence-electron chi connectivity index (χ0n) is 8.01. The molecule has 2 aliphatic rings. The molecular weight excluding hydrogens is 244 g/mol. The van der Waals surface area contributed by atoms with Gasteiger partial charge in [0.2, 0.25) is 0 Å². The number of hydrogen-bond donors (Lipinski definition) is 1. The number of rotatable bonds is 0. The van der Waals surface area contributed by atoms with Gasteiger partial charge in [0, 0.05) is 6.08 Å². The van der Waals surface area contributed by atoms with Gasteiger partial charge in [-0.05, 0) is 12.2 Å². The van der Waals surface area contributed by atoms with E-state index in [0.29, 0.717) is 5.75 Å². The molecule has 4 nitrogen and oxygen atoms in total. The molecule has 0 fully saturated rings. The van der Waals surface area contributed by atoms with Gasteiger partial charge in [-0.15, -0.1) is 11.3 Å². The molecule has 0 atom stereocenters. The van der Waals surface area contributed by atoms with E-state index in [4.69, 9.17) is 0 Å². The van der Waals surface area contributed by atoms with Crippen LogP contribution in [0, 0.1) is 0 Å². The summed E-state index contributed by atoms with van der Waals surface area (Å²) < 4.78 is 1.62. The number of thiazole rings is 1. The number of aliphatic hydroxyl groups is 1. The summed E-state index contributed by atoms with van der Waals surface area (Å²) in [6.45, 7) is 0. The molecule has 1 aliphatic carbocycles. The summed E-state index contributed by atoms with van der Waals surface area (Å²) in [5, 5.41) is 9.94. The molecule has 0 saturated carbocycles. The number of nitrogens with zero attached hydrogens (tertiary/aromatic N) is 2. The molecule has 0 bridgehead atoms. The van der Waals surface area contributed by atoms with Gasteiger partial charge in [-0.3, -0.25) is 4.79 Å². The van der Waals surface area contributed by atoms with Crippen molar-refractivity contribution >= 4 is 52.0 Å². The minimum Gasteiger partial charge on any atom is -0.496 e. The highest BCUT2D eigenvalue weighted by atomic mass is 32.2. The molecule has 0 saturated heterocycles. The largest absolute Gasteiger partial charge is 0.496 e. The average Bonchev–Trinajstić information content (AvgIpc) is 2.83. The van der Waals surface area contributed by atoms with E-state index >= 15 is 0 Å². The molecule has 1 aromatic rings. The van der Waals surface area contributed by atoms with Crippen molar-refractivity contribution in [2.24, 2.45) is 4.99 Å². The number of carbonyl (C=O) groups excluding carboxylic acids is 1. The molecule has 80 valence electrons. The van der Waals surface area contributed by atoms with Crippen LogP contribution in [0.4, 0.5) is 0 Å². The Morgan fingerprint density at radius 1 is 1.38 bits per heavy atom. The Labute approximate surface area is 98.7 Å². The number of aliphatic imine (C=N–C) groups is 1. The average molecular weight is 250 g/mol. The van der Waals surface area contributed by atoms with Crippen LogP contribution >= 0.6 is 23.1 Å². The zero-order valence-corrected chi connectivity index (χ0v) is 9.64. The number of carbonyl (C=O) groups is 1. The fraction of sp³-hybridized carbons (Fsp3) is 0.100. The molecule has 0 amide bonds. The molecule has 2 heterocycles. The van der Waals surface area contributed by atoms with E-state index in [1.54, 1.807) is 12.2 Å². The third kappa shape index (κ3) is 1.60. The smallest absolute Gasteiger partial charge is 0.197 e. The van der Waals surface area contributed by atoms with E-state index in [2.05, 4.69) is 9.98 Å². The third-order valence-electron chi connectivity index (χ3n) is 2.11. The van der Waals surface area contributed by atoms with E-state index in [1.807, 2.05) is 0 Å². The number of aromatic nitrogens is 1. The molecular formula is C10H6N2O2S2. The van der Waals surface area contributed by atoms with Crippen LogP contribution in [0.25, 0.3) is 17.2 Å². The molecule has 6 heteroatoms. The summed E-state index contributed by atoms with van der Waals surface area (Å²) >= 11 is 2.88. The number of aliphatic hydroxyl groups excluding tert-OH is 1. The Morgan fingerprint density at radius 3 is 3.00 bits per heavy atom. The van der Waals surface area contributed by atoms with Crippen molar-refractivity contribution < 1.29 is 9.90 Å². The predicted molar refractivity (Wildman–Crippen MR) is 65.8 cm³/mol. The second-order valence-electron chi connectivity index (χ2n) is 3.27. The first-order valence-electron chi connectivity index (χ1n) is 4.56. The van der Waals surface area contributed by atoms with Crippen LogP contribution in [0.5, 0.6) is 0 Å². The monoisotopic (exact) mass is 250 g/mol. The molecule has 0 unspecified atom stereocenters. The summed E-state index contributed by atoms with van der Waals surface area (Å²) in [5.74, 6) is 0.611. The van der Waals surface area contributed by atoms with Crippen LogP contribution in [-0.4, -0.2) is 27.5 Å². The van der Waals surface area contributed by atoms with Gasteiger partial charge in [-0.1, -0.05) is 11.8 Å². The van der Waals surface area contributed by atoms with Crippen molar-refractivity contribution in [1.82, 2.24) is 4.98 Å². The molecule has 1 aromatic heterocycles. The van der Waals surface area contributed by atoms with E-state index in [-0.39, 0.29) is 11.7 Å². The lowest BCUT2D eigenvalue weighted by atomic mass is 10.2. The van der Waals surface area contributed by atoms with Gasteiger partial charge in [-0.2, -0.15) is 0 Å². The maximum atomic E-state index is 11.2. The first-order chi connectivity index (χ1) is 7.72. The zero-order chi connectivity index (χ0) is 11.1. The van der Waals surface area contributed by atoms with E-state index in [1.165, 1.54) is 29.2 Å². The highest BCUT2D eigenvalue weighted by Gasteiger charge is 2.14. The maximum Gasteiger partial charge on any atom is 0.197 e. The van der Waals surface area contributed by atoms with E-state index in [9.17, 15) is 9.90 Å². The van der Waals surface area contributed by atoms with Crippen molar-refractivity contribution in [3.8, 4) is 0 Å². The van der Waals surface area contributed by atoms with Crippen molar-refractivity contribution in [2.45, 2.75) is 0 Å². The Hall–Kier alpha value is -1.40. The van der Waals surface area contributed by atoms with Gasteiger partial charge >= 0.3 is 0 Å². The van der Waals surface area contributed by atoms with Crippen LogP contribution in [-0.2, 0) is 4.79 Å². The lowest BCUT2D eigenvalue weighted by Crippen LogP contribution is -2.06. The summed E-state index contributed by atoms with van der Waals surface area (Å²) in [6, 6.07) is 0. The number of hydrogen-bond acceptors (Lipinski definition) is 5. The van der Waals surface area contributed by atoms with Crippen molar-refractivity contribution in [2.75, 3.05) is 5.75 Å². The molecule has 0 aromatic carbocycles. The summed E-state index contributed by atoms with van der Waals surface area (Å²) in [5.41, 5.74) is 0.800. The Kier molecular flexibility index (Phi) is 2.19. The predicted octanol–water partition coefficient (Wildman–Crippen LogP) is 0.288. The van der Waals surface area contributed by atoms with Crippen molar-refractivity contribution in [3.05, 3.63) is 21.0 Å². The molecule has 0 radical (unpaired) electrons. The summed E-state index contributed by atoms with van der Waals surface area (Å²) in [4.78, 5) is 19.5. The van der Waals surface area contributed by atoms with Crippen LogP contribution in [0.1, 0.15) is 5.69 Å². The fourth-order valence-electron chi connectivity index (χ4n) is 1.42. The minimum absolute atomic E-state index is 0.0156. The second kappa shape index (κ2) is 3.57. The van der Waals surface area contributed by atoms with Crippen LogP contribution < -0.4 is 9.20 Å². The second-order valence-corrected chi connectivity index (χ2v) is 5.27. The maximum absolute atomic E-state index is 11.2. The fourth-order valence-corrected chi connectivity index (χ4v) is 3.27. The third-order valence-corrected chi connectivity index (χ3v) is 4.23. The lowest BCUT2D eigenvalue weighted by Gasteiger charge is -1.89. The molecule has 1 aliphatic heterocycles. The van der Waals surface area contributed by atoms with Crippen LogP contribution in [0.2, 0.25) is 0 Å². The van der Waals surface area contributed by atoms with Crippen molar-refractivity contribution in [3.63, 3.8) is 0 Å². The van der Waals surface area contributed by atoms with Crippen molar-refractivity contribution in [1.29, 1.82) is 0 Å². The Balaban J connectivity index is 2.24. The Bertz CT molecular complexity index is 655. The van der Waals surface area contributed by atoms with E-state index in [0.717, 1.165) is 19.9 Å². The quantitative estimate of drug-likeness (QED) is 0.719. The van der Waals surface area contributed by atoms with Gasteiger partial charge in [0.15, 0.2) is 11.7 Å². The SMILES string of the molecule is O=C1C=Cc2n/c(=C3\N=C(O)CS3)sc2=C1. The highest BCUT2D eigenvalue weighted by Crippen LogP contribution is 2.23.